The number of nitrogens with one attached hydrogen (secondary N) is 1. The minimum atomic E-state index is 0. The number of methoxy groups -OCH3 is 1. The smallest absolute Gasteiger partial charge is 0.175 e. The van der Waals surface area contributed by atoms with Crippen molar-refractivity contribution in [3.8, 4) is 27.7 Å². The Kier molecular flexibility index (Phi) is 7.69. The molecule has 6 nitrogen and oxygen atoms in total. The molecule has 9 heteroatoms. The number of anilines is 2. The molecule has 0 unspecified atom stereocenters. The zero-order valence-electron chi connectivity index (χ0n) is 14.8. The van der Waals surface area contributed by atoms with E-state index in [1.54, 1.807) is 25.7 Å². The molecule has 0 radical (unpaired) electrons. The van der Waals surface area contributed by atoms with Gasteiger partial charge in [-0.05, 0) is 36.4 Å². The Bertz CT molecular complexity index is 999. The van der Waals surface area contributed by atoms with Crippen LogP contribution in [0.4, 0.5) is 11.6 Å². The lowest BCUT2D eigenvalue weighted by Crippen LogP contribution is -2.00. The summed E-state index contributed by atoms with van der Waals surface area (Å²) in [5, 5.41) is 5.99. The van der Waals surface area contributed by atoms with Crippen LogP contribution in [-0.4, -0.2) is 27.0 Å². The molecule has 0 atom stereocenters. The summed E-state index contributed by atoms with van der Waals surface area (Å²) in [6, 6.07) is 13.4. The van der Waals surface area contributed by atoms with Crippen LogP contribution in [0, 0.1) is 0 Å². The van der Waals surface area contributed by atoms with Crippen molar-refractivity contribution in [2.45, 2.75) is 0 Å². The third kappa shape index (κ3) is 4.75. The van der Waals surface area contributed by atoms with Crippen LogP contribution in [0.2, 0.25) is 0 Å². The van der Waals surface area contributed by atoms with Gasteiger partial charge >= 0.3 is 0 Å². The Morgan fingerprint density at radius 2 is 1.79 bits per heavy atom. The lowest BCUT2D eigenvalue weighted by Gasteiger charge is -2.11. The SMILES string of the molecule is COc1ccc(-c2nccs2)nc1Nc1ccc(-c2ccccn2)cn1.Cl.Cl. The number of hydrogen-bond donors (Lipinski definition) is 1. The highest BCUT2D eigenvalue weighted by Crippen LogP contribution is 2.30. The monoisotopic (exact) mass is 433 g/mol. The summed E-state index contributed by atoms with van der Waals surface area (Å²) in [6.07, 6.45) is 5.30. The van der Waals surface area contributed by atoms with E-state index in [1.807, 2.05) is 47.8 Å². The van der Waals surface area contributed by atoms with Gasteiger partial charge in [0.05, 0.1) is 12.8 Å². The van der Waals surface area contributed by atoms with Gasteiger partial charge in [-0.25, -0.2) is 15.0 Å². The van der Waals surface area contributed by atoms with Crippen molar-refractivity contribution >= 4 is 47.8 Å². The first-order valence-electron chi connectivity index (χ1n) is 7.93. The molecule has 0 saturated heterocycles. The maximum absolute atomic E-state index is 5.40. The predicted molar refractivity (Wildman–Crippen MR) is 117 cm³/mol. The topological polar surface area (TPSA) is 72.8 Å². The largest absolute Gasteiger partial charge is 0.493 e. The molecule has 1 N–H and O–H groups in total. The van der Waals surface area contributed by atoms with Gasteiger partial charge in [0.2, 0.25) is 0 Å². The first-order chi connectivity index (χ1) is 12.8. The van der Waals surface area contributed by atoms with Crippen molar-refractivity contribution in [3.05, 3.63) is 66.4 Å². The van der Waals surface area contributed by atoms with Crippen LogP contribution in [0.25, 0.3) is 22.0 Å². The van der Waals surface area contributed by atoms with E-state index in [4.69, 9.17) is 4.74 Å². The Balaban J connectivity index is 0.00000140. The van der Waals surface area contributed by atoms with Gasteiger partial charge in [0.25, 0.3) is 0 Å². The molecule has 0 saturated carbocycles. The van der Waals surface area contributed by atoms with Crippen molar-refractivity contribution in [3.63, 3.8) is 0 Å². The van der Waals surface area contributed by atoms with E-state index in [2.05, 4.69) is 25.3 Å². The first-order valence-corrected chi connectivity index (χ1v) is 8.81. The van der Waals surface area contributed by atoms with E-state index in [0.29, 0.717) is 17.4 Å². The van der Waals surface area contributed by atoms with Gasteiger partial charge in [-0.3, -0.25) is 4.98 Å². The number of ether oxygens (including phenoxy) is 1. The highest BCUT2D eigenvalue weighted by molar-refractivity contribution is 7.13. The summed E-state index contributed by atoms with van der Waals surface area (Å²) in [5.74, 6) is 1.91. The molecule has 28 heavy (non-hydrogen) atoms. The normalized spacial score (nSPS) is 9.75. The van der Waals surface area contributed by atoms with Crippen LogP contribution < -0.4 is 10.1 Å². The zero-order chi connectivity index (χ0) is 17.8. The lowest BCUT2D eigenvalue weighted by atomic mass is 10.2. The number of pyridine rings is 3. The average Bonchev–Trinajstić information content (AvgIpc) is 3.24. The third-order valence-electron chi connectivity index (χ3n) is 3.70. The van der Waals surface area contributed by atoms with Crippen LogP contribution in [0.15, 0.2) is 66.4 Å². The summed E-state index contributed by atoms with van der Waals surface area (Å²) >= 11 is 1.54. The van der Waals surface area contributed by atoms with E-state index in [-0.39, 0.29) is 24.8 Å². The maximum Gasteiger partial charge on any atom is 0.175 e. The Hall–Kier alpha value is -2.74. The van der Waals surface area contributed by atoms with Crippen LogP contribution in [0.5, 0.6) is 5.75 Å². The Labute approximate surface area is 178 Å². The van der Waals surface area contributed by atoms with Gasteiger partial charge in [0.15, 0.2) is 11.6 Å². The number of nitrogens with zero attached hydrogens (tertiary/aromatic N) is 4. The number of aromatic nitrogens is 4. The fourth-order valence-electron chi connectivity index (χ4n) is 2.44. The van der Waals surface area contributed by atoms with E-state index in [0.717, 1.165) is 22.0 Å². The van der Waals surface area contributed by atoms with Crippen molar-refractivity contribution in [1.82, 2.24) is 19.9 Å². The van der Waals surface area contributed by atoms with Crippen molar-refractivity contribution < 1.29 is 4.74 Å². The summed E-state index contributed by atoms with van der Waals surface area (Å²) < 4.78 is 5.40. The van der Waals surface area contributed by atoms with E-state index in [9.17, 15) is 0 Å². The second-order valence-corrected chi connectivity index (χ2v) is 6.25. The van der Waals surface area contributed by atoms with Crippen LogP contribution in [0.1, 0.15) is 0 Å². The van der Waals surface area contributed by atoms with Crippen molar-refractivity contribution in [2.24, 2.45) is 0 Å². The quantitative estimate of drug-likeness (QED) is 0.462. The molecule has 4 rings (SSSR count). The van der Waals surface area contributed by atoms with Crippen molar-refractivity contribution in [1.29, 1.82) is 0 Å². The second-order valence-electron chi connectivity index (χ2n) is 5.36. The highest BCUT2D eigenvalue weighted by Gasteiger charge is 2.10. The summed E-state index contributed by atoms with van der Waals surface area (Å²) in [6.45, 7) is 0. The third-order valence-corrected chi connectivity index (χ3v) is 4.50. The first kappa shape index (κ1) is 21.6. The molecule has 0 bridgehead atoms. The molecular weight excluding hydrogens is 417 g/mol. The van der Waals surface area contributed by atoms with Crippen LogP contribution in [-0.2, 0) is 0 Å². The minimum Gasteiger partial charge on any atom is -0.493 e. The van der Waals surface area contributed by atoms with Gasteiger partial charge < -0.3 is 10.1 Å². The molecule has 4 aromatic heterocycles. The van der Waals surface area contributed by atoms with Crippen molar-refractivity contribution in [2.75, 3.05) is 12.4 Å². The summed E-state index contributed by atoms with van der Waals surface area (Å²) in [4.78, 5) is 17.7. The molecule has 4 heterocycles. The average molecular weight is 434 g/mol. The Morgan fingerprint density at radius 1 is 0.893 bits per heavy atom. The molecule has 0 aromatic carbocycles. The number of rotatable bonds is 5. The van der Waals surface area contributed by atoms with Gasteiger partial charge in [-0.15, -0.1) is 36.2 Å². The van der Waals surface area contributed by atoms with Gasteiger partial charge in [-0.2, -0.15) is 0 Å². The van der Waals surface area contributed by atoms with Gasteiger partial charge in [-0.1, -0.05) is 6.07 Å². The molecule has 0 aliphatic rings. The fraction of sp³-hybridized carbons (Fsp3) is 0.0526. The summed E-state index contributed by atoms with van der Waals surface area (Å²) in [5.41, 5.74) is 2.62. The predicted octanol–water partition coefficient (Wildman–Crippen LogP) is 5.26. The number of hydrogen-bond acceptors (Lipinski definition) is 7. The maximum atomic E-state index is 5.40. The summed E-state index contributed by atoms with van der Waals surface area (Å²) in [7, 11) is 1.61. The molecule has 0 amide bonds. The standard InChI is InChI=1S/C19H15N5OS.2ClH/c1-25-16-7-6-15(19-21-10-11-26-19)23-18(16)24-17-8-5-13(12-22-17)14-4-2-3-9-20-14;;/h2-12H,1H3,(H,22,23,24);2*1H. The second kappa shape index (κ2) is 9.98. The minimum absolute atomic E-state index is 0. The lowest BCUT2D eigenvalue weighted by molar-refractivity contribution is 0.415. The Morgan fingerprint density at radius 3 is 2.43 bits per heavy atom. The zero-order valence-corrected chi connectivity index (χ0v) is 17.2. The highest BCUT2D eigenvalue weighted by atomic mass is 35.5. The molecule has 0 spiro atoms. The molecule has 0 aliphatic carbocycles. The van der Waals surface area contributed by atoms with Gasteiger partial charge in [0, 0.05) is 29.5 Å². The van der Waals surface area contributed by atoms with Crippen LogP contribution in [0.3, 0.4) is 0 Å². The number of thiazole rings is 1. The molecule has 4 aromatic rings. The molecule has 0 aliphatic heterocycles. The molecule has 0 fully saturated rings. The molecular formula is C19H17Cl2N5OS. The molecule has 144 valence electrons. The fourth-order valence-corrected chi connectivity index (χ4v) is 3.05. The van der Waals surface area contributed by atoms with E-state index >= 15 is 0 Å². The van der Waals surface area contributed by atoms with Gasteiger partial charge in [0.1, 0.15) is 16.5 Å². The van der Waals surface area contributed by atoms with Crippen LogP contribution >= 0.6 is 36.2 Å². The van der Waals surface area contributed by atoms with E-state index in [1.165, 1.54) is 11.3 Å². The van der Waals surface area contributed by atoms with E-state index < -0.39 is 0 Å². The number of halogens is 2.